The van der Waals surface area contributed by atoms with E-state index in [1.807, 2.05) is 0 Å². The van der Waals surface area contributed by atoms with Crippen molar-refractivity contribution in [3.05, 3.63) is 0 Å². The van der Waals surface area contributed by atoms with Crippen molar-refractivity contribution in [2.45, 2.75) is 0 Å². The van der Waals surface area contributed by atoms with Crippen LogP contribution in [0.25, 0.3) is 0 Å². The van der Waals surface area contributed by atoms with Crippen LogP contribution in [0.2, 0.25) is 0 Å². The second-order valence-corrected chi connectivity index (χ2v) is 1.41. The first-order chi connectivity index (χ1) is 3.35. The number of hydrogen-bond donors (Lipinski definition) is 1. The summed E-state index contributed by atoms with van der Waals surface area (Å²) in [5.41, 5.74) is 4.91. The molecule has 3 heteroatoms. The average molecular weight is 109 g/mol. The maximum absolute atomic E-state index is 11.3. The average Bonchev–Trinajstić information content (AvgIpc) is 1.72. The molecule has 7 heavy (non-hydrogen) atoms. The van der Waals surface area contributed by atoms with Gasteiger partial charge in [-0.15, -0.1) is 0 Å². The zero-order valence-corrected chi connectivity index (χ0v) is 4.03. The quantitative estimate of drug-likeness (QED) is 0.561. The van der Waals surface area contributed by atoms with Gasteiger partial charge in [0, 0.05) is 12.5 Å². The lowest BCUT2D eigenvalue weighted by Gasteiger charge is -2.00. The summed E-state index contributed by atoms with van der Waals surface area (Å²) in [7, 11) is 0. The molecule has 0 amide bonds. The Labute approximate surface area is 41.5 Å². The van der Waals surface area contributed by atoms with Crippen molar-refractivity contribution < 1.29 is 8.78 Å². The van der Waals surface area contributed by atoms with Crippen LogP contribution in [-0.4, -0.2) is 19.9 Å². The van der Waals surface area contributed by atoms with Crippen LogP contribution in [0, 0.1) is 5.92 Å². The normalized spacial score (nSPS) is 10.3. The van der Waals surface area contributed by atoms with Gasteiger partial charge in [-0.05, 0) is 0 Å². The fraction of sp³-hybridized carbons (Fsp3) is 1.00. The van der Waals surface area contributed by atoms with E-state index in [9.17, 15) is 8.78 Å². The maximum atomic E-state index is 11.3. The van der Waals surface area contributed by atoms with E-state index >= 15 is 0 Å². The maximum Gasteiger partial charge on any atom is 0.0959 e. The Bertz CT molecular complexity index is 31.2. The highest BCUT2D eigenvalue weighted by molar-refractivity contribution is 4.53. The highest BCUT2D eigenvalue weighted by atomic mass is 19.1. The van der Waals surface area contributed by atoms with Crippen LogP contribution in [0.5, 0.6) is 0 Å². The summed E-state index contributed by atoms with van der Waals surface area (Å²) in [4.78, 5) is 0. The van der Waals surface area contributed by atoms with Gasteiger partial charge in [-0.2, -0.15) is 0 Å². The SMILES string of the molecule is NCC(CF)CF. The molecule has 0 fully saturated rings. The molecule has 0 aromatic heterocycles. The Morgan fingerprint density at radius 2 is 1.71 bits per heavy atom. The zero-order chi connectivity index (χ0) is 5.70. The van der Waals surface area contributed by atoms with E-state index in [2.05, 4.69) is 0 Å². The molecule has 0 aromatic carbocycles. The van der Waals surface area contributed by atoms with Gasteiger partial charge < -0.3 is 5.73 Å². The summed E-state index contributed by atoms with van der Waals surface area (Å²) < 4.78 is 22.7. The van der Waals surface area contributed by atoms with Gasteiger partial charge in [0.1, 0.15) is 0 Å². The molecule has 0 saturated carbocycles. The number of halogens is 2. The van der Waals surface area contributed by atoms with E-state index in [4.69, 9.17) is 5.73 Å². The summed E-state index contributed by atoms with van der Waals surface area (Å²) in [6.45, 7) is -1.19. The molecular formula is C4H9F2N. The van der Waals surface area contributed by atoms with Crippen LogP contribution in [0.3, 0.4) is 0 Å². The van der Waals surface area contributed by atoms with Crippen LogP contribution in [-0.2, 0) is 0 Å². The van der Waals surface area contributed by atoms with Crippen molar-refractivity contribution in [2.24, 2.45) is 11.7 Å². The third-order valence-corrected chi connectivity index (χ3v) is 0.770. The molecular weight excluding hydrogens is 100 g/mol. The van der Waals surface area contributed by atoms with Crippen LogP contribution in [0.4, 0.5) is 8.78 Å². The number of alkyl halides is 2. The summed E-state index contributed by atoms with van der Waals surface area (Å²) >= 11 is 0. The molecule has 1 nitrogen and oxygen atoms in total. The largest absolute Gasteiger partial charge is 0.330 e. The lowest BCUT2D eigenvalue weighted by molar-refractivity contribution is 0.295. The van der Waals surface area contributed by atoms with Gasteiger partial charge >= 0.3 is 0 Å². The van der Waals surface area contributed by atoms with Gasteiger partial charge in [0.25, 0.3) is 0 Å². The van der Waals surface area contributed by atoms with Crippen molar-refractivity contribution in [1.29, 1.82) is 0 Å². The predicted molar refractivity (Wildman–Crippen MR) is 24.5 cm³/mol. The monoisotopic (exact) mass is 109 g/mol. The van der Waals surface area contributed by atoms with E-state index in [-0.39, 0.29) is 6.54 Å². The molecule has 0 saturated heterocycles. The Morgan fingerprint density at radius 1 is 1.29 bits per heavy atom. The minimum absolute atomic E-state index is 0.104. The van der Waals surface area contributed by atoms with Gasteiger partial charge in [0.05, 0.1) is 13.3 Å². The van der Waals surface area contributed by atoms with Crippen LogP contribution in [0.1, 0.15) is 0 Å². The van der Waals surface area contributed by atoms with E-state index < -0.39 is 19.3 Å². The molecule has 2 N–H and O–H groups in total. The molecule has 0 aliphatic rings. The Balaban J connectivity index is 2.99. The third-order valence-electron chi connectivity index (χ3n) is 0.770. The van der Waals surface area contributed by atoms with Gasteiger partial charge in [0.2, 0.25) is 0 Å². The van der Waals surface area contributed by atoms with Gasteiger partial charge in [-0.1, -0.05) is 0 Å². The molecule has 0 rings (SSSR count). The second kappa shape index (κ2) is 3.99. The number of hydrogen-bond acceptors (Lipinski definition) is 1. The topological polar surface area (TPSA) is 26.0 Å². The lowest BCUT2D eigenvalue weighted by Crippen LogP contribution is -2.17. The fourth-order valence-electron chi connectivity index (χ4n) is 0.167. The van der Waals surface area contributed by atoms with Gasteiger partial charge in [-0.3, -0.25) is 8.78 Å². The smallest absolute Gasteiger partial charge is 0.0959 e. The Hall–Kier alpha value is -0.180. The van der Waals surface area contributed by atoms with Crippen LogP contribution in [0.15, 0.2) is 0 Å². The summed E-state index contributed by atoms with van der Waals surface area (Å²) in [5, 5.41) is 0. The van der Waals surface area contributed by atoms with Crippen molar-refractivity contribution in [1.82, 2.24) is 0 Å². The number of rotatable bonds is 3. The molecule has 0 spiro atoms. The fourth-order valence-corrected chi connectivity index (χ4v) is 0.167. The van der Waals surface area contributed by atoms with Crippen molar-refractivity contribution in [2.75, 3.05) is 19.9 Å². The van der Waals surface area contributed by atoms with Crippen molar-refractivity contribution >= 4 is 0 Å². The molecule has 44 valence electrons. The summed E-state index contributed by atoms with van der Waals surface area (Å²) in [6.07, 6.45) is 0. The Kier molecular flexibility index (Phi) is 3.89. The zero-order valence-electron chi connectivity index (χ0n) is 4.03. The lowest BCUT2D eigenvalue weighted by atomic mass is 10.2. The number of nitrogens with two attached hydrogens (primary N) is 1. The molecule has 0 atom stereocenters. The van der Waals surface area contributed by atoms with Crippen molar-refractivity contribution in [3.8, 4) is 0 Å². The molecule has 0 unspecified atom stereocenters. The summed E-state index contributed by atoms with van der Waals surface area (Å²) in [5.74, 6) is -0.569. The van der Waals surface area contributed by atoms with Gasteiger partial charge in [-0.25, -0.2) is 0 Å². The van der Waals surface area contributed by atoms with Crippen LogP contribution < -0.4 is 5.73 Å². The first-order valence-electron chi connectivity index (χ1n) is 2.17. The molecule has 0 aromatic rings. The van der Waals surface area contributed by atoms with E-state index in [1.165, 1.54) is 0 Å². The van der Waals surface area contributed by atoms with E-state index in [0.29, 0.717) is 0 Å². The first-order valence-corrected chi connectivity index (χ1v) is 2.17. The van der Waals surface area contributed by atoms with Crippen LogP contribution >= 0.6 is 0 Å². The highest BCUT2D eigenvalue weighted by Gasteiger charge is 2.02. The van der Waals surface area contributed by atoms with E-state index in [1.54, 1.807) is 0 Å². The first kappa shape index (κ1) is 6.82. The molecule has 0 radical (unpaired) electrons. The minimum atomic E-state index is -0.646. The molecule has 0 aliphatic heterocycles. The second-order valence-electron chi connectivity index (χ2n) is 1.41. The van der Waals surface area contributed by atoms with Gasteiger partial charge in [0.15, 0.2) is 0 Å². The molecule has 0 aliphatic carbocycles. The summed E-state index contributed by atoms with van der Waals surface area (Å²) in [6, 6.07) is 0. The minimum Gasteiger partial charge on any atom is -0.330 e. The van der Waals surface area contributed by atoms with E-state index in [0.717, 1.165) is 0 Å². The third kappa shape index (κ3) is 2.51. The standard InChI is InChI=1S/C4H9F2N/c5-1-4(2-6)3-7/h4H,1-3,7H2. The molecule has 0 heterocycles. The van der Waals surface area contributed by atoms with Crippen molar-refractivity contribution in [3.63, 3.8) is 0 Å². The highest BCUT2D eigenvalue weighted by Crippen LogP contribution is 1.93. The molecule has 0 bridgehead atoms. The predicted octanol–water partition coefficient (Wildman–Crippen LogP) is 0.500. The Morgan fingerprint density at radius 3 is 1.71 bits per heavy atom.